The average molecular weight is 403 g/mol. The molecule has 1 fully saturated rings. The zero-order chi connectivity index (χ0) is 19.5. The Balaban J connectivity index is 1.41. The normalized spacial score (nSPS) is 15.0. The van der Waals surface area contributed by atoms with Crippen LogP contribution in [0.3, 0.4) is 0 Å². The van der Waals surface area contributed by atoms with Crippen LogP contribution in [0.1, 0.15) is 5.69 Å². The molecule has 1 amide bonds. The minimum Gasteiger partial charge on any atom is -0.379 e. The quantitative estimate of drug-likeness (QED) is 0.694. The van der Waals surface area contributed by atoms with E-state index >= 15 is 0 Å². The molecule has 28 heavy (non-hydrogen) atoms. The number of amides is 1. The van der Waals surface area contributed by atoms with Gasteiger partial charge in [-0.05, 0) is 18.2 Å². The Bertz CT molecular complexity index is 1060. The highest BCUT2D eigenvalue weighted by atomic mass is 32.1. The molecule has 0 unspecified atom stereocenters. The van der Waals surface area contributed by atoms with Crippen molar-refractivity contribution in [3.05, 3.63) is 51.8 Å². The van der Waals surface area contributed by atoms with E-state index in [0.717, 1.165) is 29.4 Å². The van der Waals surface area contributed by atoms with E-state index in [1.807, 2.05) is 5.38 Å². The maximum Gasteiger partial charge on any atom is 0.261 e. The smallest absolute Gasteiger partial charge is 0.261 e. The molecule has 1 aliphatic rings. The highest BCUT2D eigenvalue weighted by Crippen LogP contribution is 2.17. The fraction of sp³-hybridized carbons (Fsp3) is 0.333. The van der Waals surface area contributed by atoms with E-state index in [9.17, 15) is 14.0 Å². The van der Waals surface area contributed by atoms with Gasteiger partial charge in [-0.3, -0.25) is 19.1 Å². The Hall–Kier alpha value is -2.69. The molecule has 0 spiro atoms. The van der Waals surface area contributed by atoms with E-state index in [1.54, 1.807) is 0 Å². The Kier molecular flexibility index (Phi) is 5.42. The Morgan fingerprint density at radius 1 is 1.32 bits per heavy atom. The molecule has 0 saturated carbocycles. The van der Waals surface area contributed by atoms with E-state index < -0.39 is 17.3 Å². The molecule has 3 aromatic rings. The van der Waals surface area contributed by atoms with Crippen LogP contribution in [0.5, 0.6) is 0 Å². The zero-order valence-corrected chi connectivity index (χ0v) is 15.7. The van der Waals surface area contributed by atoms with Crippen LogP contribution in [0.15, 0.2) is 34.7 Å². The van der Waals surface area contributed by atoms with Gasteiger partial charge in [0.05, 0.1) is 36.1 Å². The minimum absolute atomic E-state index is 0.136. The number of hydrogen-bond acceptors (Lipinski definition) is 7. The van der Waals surface area contributed by atoms with Crippen molar-refractivity contribution in [3.63, 3.8) is 0 Å². The number of anilines is 1. The molecule has 0 bridgehead atoms. The van der Waals surface area contributed by atoms with Crippen LogP contribution in [0, 0.1) is 5.82 Å². The van der Waals surface area contributed by atoms with Crippen LogP contribution in [-0.4, -0.2) is 51.6 Å². The van der Waals surface area contributed by atoms with Gasteiger partial charge in [-0.2, -0.15) is 0 Å². The third-order valence-electron chi connectivity index (χ3n) is 4.39. The Labute approximate surface area is 163 Å². The van der Waals surface area contributed by atoms with Crippen LogP contribution in [-0.2, 0) is 22.6 Å². The van der Waals surface area contributed by atoms with Crippen LogP contribution in [0.25, 0.3) is 10.9 Å². The van der Waals surface area contributed by atoms with Gasteiger partial charge in [0.25, 0.3) is 5.56 Å². The van der Waals surface area contributed by atoms with Crippen molar-refractivity contribution in [1.82, 2.24) is 19.4 Å². The summed E-state index contributed by atoms with van der Waals surface area (Å²) in [6, 6.07) is 3.79. The summed E-state index contributed by atoms with van der Waals surface area (Å²) >= 11 is 1.33. The second kappa shape index (κ2) is 8.13. The molecule has 3 heterocycles. The topological polar surface area (TPSA) is 89.3 Å². The van der Waals surface area contributed by atoms with E-state index in [1.165, 1.54) is 29.8 Å². The average Bonchev–Trinajstić information content (AvgIpc) is 3.12. The van der Waals surface area contributed by atoms with Gasteiger partial charge in [0.2, 0.25) is 5.91 Å². The first kappa shape index (κ1) is 18.7. The van der Waals surface area contributed by atoms with Crippen molar-refractivity contribution in [1.29, 1.82) is 0 Å². The first-order chi connectivity index (χ1) is 13.6. The number of hydrogen-bond donors (Lipinski definition) is 1. The van der Waals surface area contributed by atoms with Crippen molar-refractivity contribution >= 4 is 33.3 Å². The highest BCUT2D eigenvalue weighted by molar-refractivity contribution is 7.13. The summed E-state index contributed by atoms with van der Waals surface area (Å²) in [6.45, 7) is 3.62. The molecule has 10 heteroatoms. The van der Waals surface area contributed by atoms with Crippen LogP contribution >= 0.6 is 11.3 Å². The summed E-state index contributed by atoms with van der Waals surface area (Å²) in [7, 11) is 0. The lowest BCUT2D eigenvalue weighted by atomic mass is 10.2. The first-order valence-electron chi connectivity index (χ1n) is 8.77. The second-order valence-electron chi connectivity index (χ2n) is 6.42. The molecular formula is C18H18FN5O3S. The molecule has 146 valence electrons. The number of benzene rings is 1. The number of ether oxygens (including phenoxy) is 1. The Morgan fingerprint density at radius 2 is 2.14 bits per heavy atom. The van der Waals surface area contributed by atoms with Crippen molar-refractivity contribution < 1.29 is 13.9 Å². The van der Waals surface area contributed by atoms with Crippen molar-refractivity contribution in [2.45, 2.75) is 13.1 Å². The first-order valence-corrected chi connectivity index (χ1v) is 9.65. The molecule has 1 aromatic carbocycles. The third kappa shape index (κ3) is 4.24. The largest absolute Gasteiger partial charge is 0.379 e. The predicted octanol–water partition coefficient (Wildman–Crippen LogP) is 1.46. The van der Waals surface area contributed by atoms with Crippen molar-refractivity contribution in [2.75, 3.05) is 31.6 Å². The number of carbonyl (C=O) groups is 1. The number of thiazole rings is 1. The van der Waals surface area contributed by atoms with Gasteiger partial charge in [-0.25, -0.2) is 14.4 Å². The summed E-state index contributed by atoms with van der Waals surface area (Å²) < 4.78 is 19.9. The van der Waals surface area contributed by atoms with Gasteiger partial charge < -0.3 is 10.1 Å². The molecular weight excluding hydrogens is 385 g/mol. The summed E-state index contributed by atoms with van der Waals surface area (Å²) in [5.74, 6) is -0.920. The van der Waals surface area contributed by atoms with Crippen LogP contribution < -0.4 is 10.9 Å². The molecule has 1 aliphatic heterocycles. The van der Waals surface area contributed by atoms with Gasteiger partial charge >= 0.3 is 0 Å². The van der Waals surface area contributed by atoms with E-state index in [2.05, 4.69) is 20.2 Å². The Morgan fingerprint density at radius 3 is 2.96 bits per heavy atom. The van der Waals surface area contributed by atoms with Gasteiger partial charge in [0.1, 0.15) is 12.4 Å². The van der Waals surface area contributed by atoms with Gasteiger partial charge in [-0.15, -0.1) is 11.3 Å². The molecule has 4 rings (SSSR count). The SMILES string of the molecule is O=C(Cn1cnc2ccc(F)cc2c1=O)Nc1nc(CN2CCOCC2)cs1. The summed E-state index contributed by atoms with van der Waals surface area (Å²) in [5.41, 5.74) is 0.796. The maximum atomic E-state index is 13.4. The van der Waals surface area contributed by atoms with E-state index in [-0.39, 0.29) is 11.9 Å². The van der Waals surface area contributed by atoms with Gasteiger partial charge in [0.15, 0.2) is 5.13 Å². The highest BCUT2D eigenvalue weighted by Gasteiger charge is 2.14. The van der Waals surface area contributed by atoms with Crippen LogP contribution in [0.2, 0.25) is 0 Å². The number of morpholine rings is 1. The number of aromatic nitrogens is 3. The fourth-order valence-corrected chi connectivity index (χ4v) is 3.70. The summed E-state index contributed by atoms with van der Waals surface area (Å²) in [5, 5.41) is 5.21. The lowest BCUT2D eigenvalue weighted by Crippen LogP contribution is -2.35. The second-order valence-corrected chi connectivity index (χ2v) is 7.28. The molecule has 0 aliphatic carbocycles. The van der Waals surface area contributed by atoms with E-state index in [4.69, 9.17) is 4.74 Å². The number of fused-ring (bicyclic) bond motifs is 1. The van der Waals surface area contributed by atoms with E-state index in [0.29, 0.717) is 30.4 Å². The minimum atomic E-state index is -0.524. The molecule has 1 saturated heterocycles. The van der Waals surface area contributed by atoms with Gasteiger partial charge in [-0.1, -0.05) is 0 Å². The number of halogens is 1. The number of nitrogens with zero attached hydrogens (tertiary/aromatic N) is 4. The number of nitrogens with one attached hydrogen (secondary N) is 1. The lowest BCUT2D eigenvalue weighted by Gasteiger charge is -2.25. The zero-order valence-electron chi connectivity index (χ0n) is 14.9. The van der Waals surface area contributed by atoms with Crippen molar-refractivity contribution in [3.8, 4) is 0 Å². The summed E-state index contributed by atoms with van der Waals surface area (Å²) in [6.07, 6.45) is 1.29. The van der Waals surface area contributed by atoms with Crippen LogP contribution in [0.4, 0.5) is 9.52 Å². The molecule has 0 radical (unpaired) electrons. The number of carbonyl (C=O) groups excluding carboxylic acids is 1. The lowest BCUT2D eigenvalue weighted by molar-refractivity contribution is -0.116. The molecule has 1 N–H and O–H groups in total. The summed E-state index contributed by atoms with van der Waals surface area (Å²) in [4.78, 5) is 35.5. The molecule has 0 atom stereocenters. The maximum absolute atomic E-state index is 13.4. The fourth-order valence-electron chi connectivity index (χ4n) is 2.98. The predicted molar refractivity (Wildman–Crippen MR) is 103 cm³/mol. The van der Waals surface area contributed by atoms with Gasteiger partial charge in [0, 0.05) is 25.0 Å². The molecule has 2 aromatic heterocycles. The monoisotopic (exact) mass is 403 g/mol. The van der Waals surface area contributed by atoms with Crippen molar-refractivity contribution in [2.24, 2.45) is 0 Å². The standard InChI is InChI=1S/C18H18FN5O3S/c19-12-1-2-15-14(7-12)17(26)24(11-20-15)9-16(25)22-18-21-13(10-28-18)8-23-3-5-27-6-4-23/h1-2,7,10-11H,3-6,8-9H2,(H,21,22,25). The third-order valence-corrected chi connectivity index (χ3v) is 5.19. The molecule has 8 nitrogen and oxygen atoms in total. The number of rotatable bonds is 5.